The predicted molar refractivity (Wildman–Crippen MR) is 71.7 cm³/mol. The Morgan fingerprint density at radius 2 is 2.17 bits per heavy atom. The van der Waals surface area contributed by atoms with E-state index in [1.54, 1.807) is 0 Å². The van der Waals surface area contributed by atoms with E-state index in [0.717, 1.165) is 30.5 Å². The average Bonchev–Trinajstić information content (AvgIpc) is 2.65. The molecule has 1 aromatic heterocycles. The van der Waals surface area contributed by atoms with Gasteiger partial charge in [-0.15, -0.1) is 0 Å². The largest absolute Gasteiger partial charge is 0.299 e. The normalized spacial score (nSPS) is 20.6. The van der Waals surface area contributed by atoms with Crippen LogP contribution < -0.4 is 0 Å². The van der Waals surface area contributed by atoms with Crippen molar-refractivity contribution in [1.29, 1.82) is 0 Å². The molecule has 1 aromatic carbocycles. The van der Waals surface area contributed by atoms with Gasteiger partial charge in [0.25, 0.3) is 0 Å². The molecule has 3 rings (SSSR count). The van der Waals surface area contributed by atoms with E-state index in [4.69, 9.17) is 0 Å². The SMILES string of the molecule is Cc1nn(C)c2ccc(C3CCCCC3=O)cc12. The standard InChI is InChI=1S/C15H18N2O/c1-10-13-9-11(7-8-14(13)17(2)16-10)12-5-3-4-6-15(12)18/h7-9,12H,3-6H2,1-2H3. The van der Waals surface area contributed by atoms with E-state index in [0.29, 0.717) is 5.78 Å². The van der Waals surface area contributed by atoms with Gasteiger partial charge in [0.05, 0.1) is 11.2 Å². The molecule has 1 aliphatic rings. The predicted octanol–water partition coefficient (Wildman–Crippen LogP) is 3.11. The lowest BCUT2D eigenvalue weighted by Gasteiger charge is -2.20. The molecule has 0 spiro atoms. The fraction of sp³-hybridized carbons (Fsp3) is 0.467. The molecule has 1 aliphatic carbocycles. The van der Waals surface area contributed by atoms with Crippen LogP contribution in [0.2, 0.25) is 0 Å². The van der Waals surface area contributed by atoms with Gasteiger partial charge in [0, 0.05) is 24.8 Å². The van der Waals surface area contributed by atoms with Gasteiger partial charge in [0.15, 0.2) is 0 Å². The van der Waals surface area contributed by atoms with E-state index in [2.05, 4.69) is 23.3 Å². The van der Waals surface area contributed by atoms with Gasteiger partial charge < -0.3 is 0 Å². The Labute approximate surface area is 107 Å². The topological polar surface area (TPSA) is 34.9 Å². The van der Waals surface area contributed by atoms with Crippen LogP contribution in [0.1, 0.15) is 42.9 Å². The number of aryl methyl sites for hydroxylation is 2. The second kappa shape index (κ2) is 4.23. The van der Waals surface area contributed by atoms with E-state index >= 15 is 0 Å². The highest BCUT2D eigenvalue weighted by molar-refractivity contribution is 5.89. The Hall–Kier alpha value is -1.64. The molecule has 1 heterocycles. The molecule has 18 heavy (non-hydrogen) atoms. The van der Waals surface area contributed by atoms with Gasteiger partial charge in [-0.3, -0.25) is 9.48 Å². The number of rotatable bonds is 1. The molecule has 2 aromatic rings. The van der Waals surface area contributed by atoms with Crippen LogP contribution in [0.25, 0.3) is 10.9 Å². The maximum Gasteiger partial charge on any atom is 0.140 e. The van der Waals surface area contributed by atoms with Crippen molar-refractivity contribution in [2.24, 2.45) is 7.05 Å². The summed E-state index contributed by atoms with van der Waals surface area (Å²) in [6, 6.07) is 6.34. The molecular formula is C15H18N2O. The summed E-state index contributed by atoms with van der Waals surface area (Å²) >= 11 is 0. The molecule has 94 valence electrons. The molecule has 0 aliphatic heterocycles. The van der Waals surface area contributed by atoms with Crippen LogP contribution in [-0.2, 0) is 11.8 Å². The lowest BCUT2D eigenvalue weighted by atomic mass is 9.82. The minimum atomic E-state index is 0.114. The Morgan fingerprint density at radius 1 is 1.33 bits per heavy atom. The minimum Gasteiger partial charge on any atom is -0.299 e. The molecule has 1 atom stereocenters. The summed E-state index contributed by atoms with van der Waals surface area (Å²) in [7, 11) is 1.96. The quantitative estimate of drug-likeness (QED) is 0.770. The molecule has 3 heteroatoms. The minimum absolute atomic E-state index is 0.114. The molecule has 3 nitrogen and oxygen atoms in total. The van der Waals surface area contributed by atoms with Crippen LogP contribution in [0.15, 0.2) is 18.2 Å². The number of nitrogens with zero attached hydrogens (tertiary/aromatic N) is 2. The second-order valence-corrected chi connectivity index (χ2v) is 5.25. The van der Waals surface area contributed by atoms with Crippen molar-refractivity contribution in [2.45, 2.75) is 38.5 Å². The van der Waals surface area contributed by atoms with Gasteiger partial charge in [-0.2, -0.15) is 5.10 Å². The van der Waals surface area contributed by atoms with Crippen molar-refractivity contribution < 1.29 is 4.79 Å². The van der Waals surface area contributed by atoms with Crippen molar-refractivity contribution in [1.82, 2.24) is 9.78 Å². The Bertz CT molecular complexity index is 612. The van der Waals surface area contributed by atoms with Gasteiger partial charge in [0.1, 0.15) is 5.78 Å². The first kappa shape index (κ1) is 11.5. The second-order valence-electron chi connectivity index (χ2n) is 5.25. The fourth-order valence-electron chi connectivity index (χ4n) is 3.01. The Kier molecular flexibility index (Phi) is 2.69. The number of fused-ring (bicyclic) bond motifs is 1. The molecule has 1 saturated carbocycles. The molecular weight excluding hydrogens is 224 g/mol. The number of ketones is 1. The van der Waals surface area contributed by atoms with Crippen LogP contribution in [0.4, 0.5) is 0 Å². The first-order valence-corrected chi connectivity index (χ1v) is 6.63. The lowest BCUT2D eigenvalue weighted by Crippen LogP contribution is -2.16. The summed E-state index contributed by atoms with van der Waals surface area (Å²) < 4.78 is 1.90. The summed E-state index contributed by atoms with van der Waals surface area (Å²) in [6.45, 7) is 2.02. The fourth-order valence-corrected chi connectivity index (χ4v) is 3.01. The summed E-state index contributed by atoms with van der Waals surface area (Å²) in [5.74, 6) is 0.518. The van der Waals surface area contributed by atoms with Gasteiger partial charge in [0.2, 0.25) is 0 Å². The summed E-state index contributed by atoms with van der Waals surface area (Å²) in [5, 5.41) is 5.60. The number of carbonyl (C=O) groups is 1. The van der Waals surface area contributed by atoms with E-state index in [1.807, 2.05) is 18.7 Å². The Balaban J connectivity index is 2.07. The van der Waals surface area contributed by atoms with Gasteiger partial charge in [-0.1, -0.05) is 12.5 Å². The molecule has 0 N–H and O–H groups in total. The molecule has 0 saturated heterocycles. The summed E-state index contributed by atoms with van der Waals surface area (Å²) in [6.07, 6.45) is 3.97. The van der Waals surface area contributed by atoms with E-state index < -0.39 is 0 Å². The lowest BCUT2D eigenvalue weighted by molar-refractivity contribution is -0.121. The summed E-state index contributed by atoms with van der Waals surface area (Å²) in [4.78, 5) is 12.0. The van der Waals surface area contributed by atoms with Gasteiger partial charge in [-0.25, -0.2) is 0 Å². The van der Waals surface area contributed by atoms with Crippen LogP contribution in [0, 0.1) is 6.92 Å². The molecule has 0 radical (unpaired) electrons. The molecule has 1 fully saturated rings. The van der Waals surface area contributed by atoms with Crippen LogP contribution in [0.3, 0.4) is 0 Å². The van der Waals surface area contributed by atoms with E-state index in [9.17, 15) is 4.79 Å². The zero-order valence-electron chi connectivity index (χ0n) is 10.9. The first-order valence-electron chi connectivity index (χ1n) is 6.63. The first-order chi connectivity index (χ1) is 8.66. The Morgan fingerprint density at radius 3 is 2.94 bits per heavy atom. The van der Waals surface area contributed by atoms with Crippen LogP contribution >= 0.6 is 0 Å². The molecule has 1 unspecified atom stereocenters. The number of carbonyl (C=O) groups excluding carboxylic acids is 1. The number of Topliss-reactive ketones (excluding diaryl/α,β-unsaturated/α-hetero) is 1. The van der Waals surface area contributed by atoms with Crippen molar-refractivity contribution in [3.05, 3.63) is 29.5 Å². The zero-order chi connectivity index (χ0) is 12.7. The third-order valence-electron chi connectivity index (χ3n) is 4.02. The number of benzene rings is 1. The van der Waals surface area contributed by atoms with Gasteiger partial charge >= 0.3 is 0 Å². The number of hydrogen-bond donors (Lipinski definition) is 0. The van der Waals surface area contributed by atoms with Crippen LogP contribution in [0.5, 0.6) is 0 Å². The third kappa shape index (κ3) is 1.74. The highest BCUT2D eigenvalue weighted by Crippen LogP contribution is 2.32. The highest BCUT2D eigenvalue weighted by atomic mass is 16.1. The van der Waals surface area contributed by atoms with Crippen LogP contribution in [-0.4, -0.2) is 15.6 Å². The molecule has 0 amide bonds. The van der Waals surface area contributed by atoms with Crippen molar-refractivity contribution in [3.8, 4) is 0 Å². The van der Waals surface area contributed by atoms with Crippen molar-refractivity contribution >= 4 is 16.7 Å². The smallest absolute Gasteiger partial charge is 0.140 e. The monoisotopic (exact) mass is 242 g/mol. The molecule has 0 bridgehead atoms. The maximum absolute atomic E-state index is 12.0. The summed E-state index contributed by atoms with van der Waals surface area (Å²) in [5.41, 5.74) is 3.35. The average molecular weight is 242 g/mol. The number of hydrogen-bond acceptors (Lipinski definition) is 2. The third-order valence-corrected chi connectivity index (χ3v) is 4.02. The maximum atomic E-state index is 12.0. The van der Waals surface area contributed by atoms with Crippen molar-refractivity contribution in [3.63, 3.8) is 0 Å². The van der Waals surface area contributed by atoms with Gasteiger partial charge in [-0.05, 0) is 37.5 Å². The zero-order valence-corrected chi connectivity index (χ0v) is 10.9. The highest BCUT2D eigenvalue weighted by Gasteiger charge is 2.24. The van der Waals surface area contributed by atoms with E-state index in [1.165, 1.54) is 17.4 Å². The number of aromatic nitrogens is 2. The van der Waals surface area contributed by atoms with Crippen molar-refractivity contribution in [2.75, 3.05) is 0 Å². The van der Waals surface area contributed by atoms with E-state index in [-0.39, 0.29) is 5.92 Å².